The number of aliphatic carboxylic acids is 1. The van der Waals surface area contributed by atoms with E-state index in [1.54, 1.807) is 23.5 Å². The van der Waals surface area contributed by atoms with Gasteiger partial charge >= 0.3 is 5.97 Å². The summed E-state index contributed by atoms with van der Waals surface area (Å²) in [6.45, 7) is 3.20. The first-order chi connectivity index (χ1) is 10.2. The first-order valence-corrected chi connectivity index (χ1v) is 7.80. The third kappa shape index (κ3) is 4.58. The summed E-state index contributed by atoms with van der Waals surface area (Å²) in [5.74, 6) is -0.183. The first kappa shape index (κ1) is 15.5. The Hall–Kier alpha value is -1.85. The molecule has 2 aromatic rings. The van der Waals surface area contributed by atoms with Crippen molar-refractivity contribution in [2.75, 3.05) is 6.61 Å². The topological polar surface area (TPSA) is 58.6 Å². The summed E-state index contributed by atoms with van der Waals surface area (Å²) in [4.78, 5) is 12.6. The zero-order chi connectivity index (χ0) is 15.1. The molecule has 0 spiro atoms. The fourth-order valence-electron chi connectivity index (χ4n) is 1.97. The number of carbonyl (C=O) groups is 1. The molecule has 112 valence electrons. The lowest BCUT2D eigenvalue weighted by atomic mass is 10.1. The molecule has 0 fully saturated rings. The second kappa shape index (κ2) is 7.81. The van der Waals surface area contributed by atoms with E-state index in [1.807, 2.05) is 36.6 Å². The molecule has 0 aliphatic rings. The number of rotatable bonds is 8. The first-order valence-electron chi connectivity index (χ1n) is 6.92. The summed E-state index contributed by atoms with van der Waals surface area (Å²) in [5, 5.41) is 14.5. The van der Waals surface area contributed by atoms with Gasteiger partial charge in [0.15, 0.2) is 0 Å². The van der Waals surface area contributed by atoms with Crippen LogP contribution in [0.5, 0.6) is 5.75 Å². The van der Waals surface area contributed by atoms with Gasteiger partial charge in [-0.3, -0.25) is 10.1 Å². The smallest absolute Gasteiger partial charge is 0.325 e. The maximum atomic E-state index is 11.5. The molecule has 0 amide bonds. The average Bonchev–Trinajstić information content (AvgIpc) is 2.99. The van der Waals surface area contributed by atoms with E-state index < -0.39 is 12.0 Å². The minimum Gasteiger partial charge on any atom is -0.494 e. The summed E-state index contributed by atoms with van der Waals surface area (Å²) in [7, 11) is 0. The van der Waals surface area contributed by atoms with E-state index >= 15 is 0 Å². The van der Waals surface area contributed by atoms with Crippen LogP contribution in [0, 0.1) is 0 Å². The zero-order valence-electron chi connectivity index (χ0n) is 11.9. The minimum atomic E-state index is -0.890. The molecule has 1 unspecified atom stereocenters. The van der Waals surface area contributed by atoms with Crippen LogP contribution >= 0.6 is 11.3 Å². The van der Waals surface area contributed by atoms with Crippen LogP contribution in [0.3, 0.4) is 0 Å². The van der Waals surface area contributed by atoms with Gasteiger partial charge in [-0.15, -0.1) is 11.3 Å². The van der Waals surface area contributed by atoms with Crippen LogP contribution < -0.4 is 10.1 Å². The number of benzene rings is 1. The van der Waals surface area contributed by atoms with Gasteiger partial charge < -0.3 is 9.84 Å². The summed E-state index contributed by atoms with van der Waals surface area (Å²) in [5.41, 5.74) is 0.702. The molecule has 5 heteroatoms. The van der Waals surface area contributed by atoms with Gasteiger partial charge in [-0.05, 0) is 35.6 Å². The Kier molecular flexibility index (Phi) is 5.78. The Morgan fingerprint density at radius 2 is 2.24 bits per heavy atom. The van der Waals surface area contributed by atoms with Crippen molar-refractivity contribution >= 4 is 17.3 Å². The molecule has 0 radical (unpaired) electrons. The Balaban J connectivity index is 2.08. The second-order valence-electron chi connectivity index (χ2n) is 4.65. The van der Waals surface area contributed by atoms with Crippen molar-refractivity contribution in [1.82, 2.24) is 5.32 Å². The van der Waals surface area contributed by atoms with Crippen LogP contribution in [0.25, 0.3) is 0 Å². The summed E-state index contributed by atoms with van der Waals surface area (Å²) >= 11 is 1.61. The fraction of sp³-hybridized carbons (Fsp3) is 0.312. The monoisotopic (exact) mass is 305 g/mol. The van der Waals surface area contributed by atoms with Crippen LogP contribution in [0.2, 0.25) is 0 Å². The van der Waals surface area contributed by atoms with Gasteiger partial charge in [-0.25, -0.2) is 0 Å². The van der Waals surface area contributed by atoms with E-state index in [9.17, 15) is 9.90 Å². The molecular formula is C16H19NO3S. The molecule has 2 N–H and O–H groups in total. The molecular weight excluding hydrogens is 286 g/mol. The van der Waals surface area contributed by atoms with Crippen molar-refractivity contribution in [3.63, 3.8) is 0 Å². The Morgan fingerprint density at radius 1 is 1.38 bits per heavy atom. The summed E-state index contributed by atoms with van der Waals surface area (Å²) in [6.07, 6.45) is 0.920. The van der Waals surface area contributed by atoms with Gasteiger partial charge in [0, 0.05) is 11.4 Å². The van der Waals surface area contributed by atoms with Crippen LogP contribution in [0.1, 0.15) is 29.8 Å². The van der Waals surface area contributed by atoms with Crippen LogP contribution in [-0.2, 0) is 11.3 Å². The number of carboxylic acid groups (broad SMARTS) is 1. The largest absolute Gasteiger partial charge is 0.494 e. The lowest BCUT2D eigenvalue weighted by molar-refractivity contribution is -0.139. The molecule has 0 saturated carbocycles. The number of hydrogen-bond acceptors (Lipinski definition) is 4. The van der Waals surface area contributed by atoms with E-state index in [-0.39, 0.29) is 0 Å². The van der Waals surface area contributed by atoms with Crippen molar-refractivity contribution in [2.45, 2.75) is 25.9 Å². The van der Waals surface area contributed by atoms with E-state index in [0.29, 0.717) is 24.5 Å². The third-order valence-corrected chi connectivity index (χ3v) is 3.85. The molecule has 0 aliphatic carbocycles. The van der Waals surface area contributed by atoms with Crippen molar-refractivity contribution in [3.05, 3.63) is 52.2 Å². The molecule has 0 aliphatic heterocycles. The average molecular weight is 305 g/mol. The van der Waals surface area contributed by atoms with Gasteiger partial charge in [-0.1, -0.05) is 25.1 Å². The van der Waals surface area contributed by atoms with Gasteiger partial charge in [0.1, 0.15) is 11.8 Å². The molecule has 0 saturated heterocycles. The maximum Gasteiger partial charge on any atom is 0.325 e. The predicted octanol–water partition coefficient (Wildman–Crippen LogP) is 3.45. The molecule has 4 nitrogen and oxygen atoms in total. The minimum absolute atomic E-state index is 0.536. The predicted molar refractivity (Wildman–Crippen MR) is 83.8 cm³/mol. The number of hydrogen-bond donors (Lipinski definition) is 2. The normalized spacial score (nSPS) is 12.0. The SMILES string of the molecule is CCCOc1cccc(C(NCc2cccs2)C(=O)O)c1. The van der Waals surface area contributed by atoms with Crippen LogP contribution in [0.4, 0.5) is 0 Å². The van der Waals surface area contributed by atoms with Gasteiger partial charge in [0.25, 0.3) is 0 Å². The standard InChI is InChI=1S/C16H19NO3S/c1-2-8-20-13-6-3-5-12(10-13)15(16(18)19)17-11-14-7-4-9-21-14/h3-7,9-10,15,17H,2,8,11H2,1H3,(H,18,19). The van der Waals surface area contributed by atoms with Crippen molar-refractivity contribution < 1.29 is 14.6 Å². The quantitative estimate of drug-likeness (QED) is 0.784. The summed E-state index contributed by atoms with van der Waals surface area (Å²) in [6, 6.07) is 10.5. The Labute approximate surface area is 128 Å². The number of carboxylic acids is 1. The number of thiophene rings is 1. The number of nitrogens with one attached hydrogen (secondary N) is 1. The second-order valence-corrected chi connectivity index (χ2v) is 5.68. The maximum absolute atomic E-state index is 11.5. The van der Waals surface area contributed by atoms with E-state index in [2.05, 4.69) is 5.32 Å². The van der Waals surface area contributed by atoms with Crippen LogP contribution in [0.15, 0.2) is 41.8 Å². The van der Waals surface area contributed by atoms with E-state index in [0.717, 1.165) is 11.3 Å². The molecule has 1 heterocycles. The molecule has 1 aromatic carbocycles. The third-order valence-electron chi connectivity index (χ3n) is 2.97. The lowest BCUT2D eigenvalue weighted by Crippen LogP contribution is -2.27. The highest BCUT2D eigenvalue weighted by Crippen LogP contribution is 2.21. The molecule has 1 atom stereocenters. The highest BCUT2D eigenvalue weighted by Gasteiger charge is 2.19. The Morgan fingerprint density at radius 3 is 2.90 bits per heavy atom. The van der Waals surface area contributed by atoms with Gasteiger partial charge in [-0.2, -0.15) is 0 Å². The fourth-order valence-corrected chi connectivity index (χ4v) is 2.62. The van der Waals surface area contributed by atoms with E-state index in [4.69, 9.17) is 4.74 Å². The summed E-state index contributed by atoms with van der Waals surface area (Å²) < 4.78 is 5.56. The van der Waals surface area contributed by atoms with Crippen molar-refractivity contribution in [2.24, 2.45) is 0 Å². The van der Waals surface area contributed by atoms with Gasteiger partial charge in [0.2, 0.25) is 0 Å². The molecule has 0 bridgehead atoms. The molecule has 1 aromatic heterocycles. The van der Waals surface area contributed by atoms with Crippen molar-refractivity contribution in [3.8, 4) is 5.75 Å². The van der Waals surface area contributed by atoms with Crippen LogP contribution in [-0.4, -0.2) is 17.7 Å². The molecule has 2 rings (SSSR count). The highest BCUT2D eigenvalue weighted by molar-refractivity contribution is 7.09. The van der Waals surface area contributed by atoms with Crippen molar-refractivity contribution in [1.29, 1.82) is 0 Å². The molecule has 21 heavy (non-hydrogen) atoms. The Bertz CT molecular complexity index is 569. The number of ether oxygens (including phenoxy) is 1. The van der Waals surface area contributed by atoms with E-state index in [1.165, 1.54) is 0 Å². The highest BCUT2D eigenvalue weighted by atomic mass is 32.1. The zero-order valence-corrected chi connectivity index (χ0v) is 12.7. The lowest BCUT2D eigenvalue weighted by Gasteiger charge is -2.15. The van der Waals surface area contributed by atoms with Gasteiger partial charge in [0.05, 0.1) is 6.61 Å².